The van der Waals surface area contributed by atoms with Crippen molar-refractivity contribution in [2.75, 3.05) is 13.2 Å². The van der Waals surface area contributed by atoms with Gasteiger partial charge in [-0.1, -0.05) is 42.5 Å². The maximum absolute atomic E-state index is 5.67. The molecule has 0 spiro atoms. The van der Waals surface area contributed by atoms with Gasteiger partial charge < -0.3 is 4.74 Å². The molecule has 0 amide bonds. The normalized spacial score (nSPS) is 12.8. The molecule has 0 aliphatic rings. The fraction of sp³-hybridized carbons (Fsp3) is 0.333. The number of rotatable bonds is 6. The number of hydrogen-bond acceptors (Lipinski definition) is 3. The summed E-state index contributed by atoms with van der Waals surface area (Å²) in [6.07, 6.45) is 0.873. The third-order valence-corrected chi connectivity index (χ3v) is 3.15. The highest BCUT2D eigenvalue weighted by molar-refractivity contribution is 5.86. The van der Waals surface area contributed by atoms with E-state index in [1.165, 1.54) is 16.3 Å². The van der Waals surface area contributed by atoms with Gasteiger partial charge in [0.05, 0.1) is 0 Å². The number of nitrogens with one attached hydrogen (secondary N) is 1. The van der Waals surface area contributed by atoms with Gasteiger partial charge in [0.15, 0.2) is 0 Å². The summed E-state index contributed by atoms with van der Waals surface area (Å²) in [6, 6.07) is 14.8. The van der Waals surface area contributed by atoms with E-state index in [2.05, 4.69) is 47.9 Å². The third kappa shape index (κ3) is 2.88. The van der Waals surface area contributed by atoms with Crippen molar-refractivity contribution < 1.29 is 4.74 Å². The number of hydrogen-bond donors (Lipinski definition) is 2. The van der Waals surface area contributed by atoms with Crippen molar-refractivity contribution in [3.05, 3.63) is 48.0 Å². The van der Waals surface area contributed by atoms with E-state index in [1.54, 1.807) is 0 Å². The average Bonchev–Trinajstić information content (AvgIpc) is 2.43. The molecular weight excluding hydrogens is 224 g/mol. The van der Waals surface area contributed by atoms with E-state index in [1.807, 2.05) is 6.92 Å². The van der Waals surface area contributed by atoms with Crippen molar-refractivity contribution in [3.8, 4) is 0 Å². The fourth-order valence-electron chi connectivity index (χ4n) is 2.23. The fourth-order valence-corrected chi connectivity index (χ4v) is 2.23. The Morgan fingerprint density at radius 3 is 2.72 bits per heavy atom. The summed E-state index contributed by atoms with van der Waals surface area (Å²) in [7, 11) is 0. The first kappa shape index (κ1) is 13.0. The Morgan fingerprint density at radius 1 is 1.17 bits per heavy atom. The van der Waals surface area contributed by atoms with Crippen molar-refractivity contribution in [3.63, 3.8) is 0 Å². The summed E-state index contributed by atoms with van der Waals surface area (Å²) in [5.41, 5.74) is 4.12. The van der Waals surface area contributed by atoms with E-state index < -0.39 is 0 Å². The van der Waals surface area contributed by atoms with E-state index in [0.717, 1.165) is 13.0 Å². The summed E-state index contributed by atoms with van der Waals surface area (Å²) < 4.78 is 5.40. The Morgan fingerprint density at radius 2 is 1.94 bits per heavy atom. The number of nitrogens with two attached hydrogens (primary N) is 1. The van der Waals surface area contributed by atoms with Crippen LogP contribution in [0.1, 0.15) is 24.9 Å². The van der Waals surface area contributed by atoms with Crippen LogP contribution in [-0.2, 0) is 4.74 Å². The molecule has 0 aromatic heterocycles. The predicted octanol–water partition coefficient (Wildman–Crippen LogP) is 2.77. The minimum atomic E-state index is 0.127. The summed E-state index contributed by atoms with van der Waals surface area (Å²) in [6.45, 7) is 3.46. The summed E-state index contributed by atoms with van der Waals surface area (Å²) in [5, 5.41) is 2.49. The van der Waals surface area contributed by atoms with Gasteiger partial charge in [-0.15, -0.1) is 0 Å². The molecule has 0 saturated carbocycles. The molecule has 18 heavy (non-hydrogen) atoms. The van der Waals surface area contributed by atoms with Gasteiger partial charge >= 0.3 is 0 Å². The molecule has 0 aliphatic carbocycles. The monoisotopic (exact) mass is 244 g/mol. The second-order valence-electron chi connectivity index (χ2n) is 4.27. The van der Waals surface area contributed by atoms with E-state index >= 15 is 0 Å². The van der Waals surface area contributed by atoms with Crippen molar-refractivity contribution in [2.45, 2.75) is 19.4 Å². The van der Waals surface area contributed by atoms with Crippen LogP contribution in [0.3, 0.4) is 0 Å². The molecule has 0 radical (unpaired) electrons. The maximum atomic E-state index is 5.67. The Kier molecular flexibility index (Phi) is 4.70. The average molecular weight is 244 g/mol. The number of hydrazine groups is 1. The van der Waals surface area contributed by atoms with Crippen LogP contribution in [0, 0.1) is 0 Å². The molecule has 0 bridgehead atoms. The van der Waals surface area contributed by atoms with Crippen molar-refractivity contribution in [1.29, 1.82) is 0 Å². The third-order valence-electron chi connectivity index (χ3n) is 3.15. The van der Waals surface area contributed by atoms with Gasteiger partial charge in [0.1, 0.15) is 0 Å². The molecule has 3 nitrogen and oxygen atoms in total. The lowest BCUT2D eigenvalue weighted by Gasteiger charge is -2.18. The highest BCUT2D eigenvalue weighted by Crippen LogP contribution is 2.25. The summed E-state index contributed by atoms with van der Waals surface area (Å²) >= 11 is 0. The number of benzene rings is 2. The Hall–Kier alpha value is -1.42. The Bertz CT molecular complexity index is 493. The van der Waals surface area contributed by atoms with Crippen LogP contribution in [0.5, 0.6) is 0 Å². The van der Waals surface area contributed by atoms with Crippen LogP contribution in [0.25, 0.3) is 10.8 Å². The highest BCUT2D eigenvalue weighted by Gasteiger charge is 2.12. The first-order valence-electron chi connectivity index (χ1n) is 6.38. The van der Waals surface area contributed by atoms with Crippen LogP contribution < -0.4 is 11.3 Å². The molecule has 2 aromatic rings. The Balaban J connectivity index is 2.27. The Labute approximate surface area is 108 Å². The number of ether oxygens (including phenoxy) is 1. The van der Waals surface area contributed by atoms with E-state index in [4.69, 9.17) is 10.6 Å². The lowest BCUT2D eigenvalue weighted by atomic mass is 9.97. The van der Waals surface area contributed by atoms with E-state index in [9.17, 15) is 0 Å². The lowest BCUT2D eigenvalue weighted by molar-refractivity contribution is 0.136. The van der Waals surface area contributed by atoms with Gasteiger partial charge in [-0.25, -0.2) is 0 Å². The molecule has 0 aliphatic heterocycles. The largest absolute Gasteiger partial charge is 0.382 e. The minimum absolute atomic E-state index is 0.127. The molecular formula is C15H20N2O. The maximum Gasteiger partial charge on any atom is 0.0488 e. The molecule has 0 heterocycles. The van der Waals surface area contributed by atoms with Gasteiger partial charge in [0, 0.05) is 19.3 Å². The molecule has 96 valence electrons. The minimum Gasteiger partial charge on any atom is -0.382 e. The first-order chi connectivity index (χ1) is 8.86. The summed E-state index contributed by atoms with van der Waals surface area (Å²) in [4.78, 5) is 0. The predicted molar refractivity (Wildman–Crippen MR) is 75.1 cm³/mol. The highest BCUT2D eigenvalue weighted by atomic mass is 16.5. The second kappa shape index (κ2) is 6.50. The van der Waals surface area contributed by atoms with Crippen molar-refractivity contribution in [2.24, 2.45) is 5.84 Å². The van der Waals surface area contributed by atoms with Gasteiger partial charge in [0.25, 0.3) is 0 Å². The van der Waals surface area contributed by atoms with Gasteiger partial charge in [0.2, 0.25) is 0 Å². The van der Waals surface area contributed by atoms with Gasteiger partial charge in [-0.3, -0.25) is 11.3 Å². The van der Waals surface area contributed by atoms with Crippen LogP contribution in [0.15, 0.2) is 42.5 Å². The van der Waals surface area contributed by atoms with Crippen LogP contribution in [0.2, 0.25) is 0 Å². The van der Waals surface area contributed by atoms with Gasteiger partial charge in [-0.2, -0.15) is 0 Å². The standard InChI is InChI=1S/C15H20N2O/c1-2-18-11-10-15(17-16)14-9-5-7-12-6-3-4-8-13(12)14/h3-9,15,17H,2,10-11,16H2,1H3. The first-order valence-corrected chi connectivity index (χ1v) is 6.38. The van der Waals surface area contributed by atoms with Gasteiger partial charge in [-0.05, 0) is 29.7 Å². The zero-order valence-electron chi connectivity index (χ0n) is 10.7. The number of fused-ring (bicyclic) bond motifs is 1. The lowest BCUT2D eigenvalue weighted by Crippen LogP contribution is -2.29. The van der Waals surface area contributed by atoms with Crippen LogP contribution in [0.4, 0.5) is 0 Å². The molecule has 2 aromatic carbocycles. The molecule has 1 unspecified atom stereocenters. The topological polar surface area (TPSA) is 47.3 Å². The zero-order valence-corrected chi connectivity index (χ0v) is 10.7. The van der Waals surface area contributed by atoms with E-state index in [0.29, 0.717) is 6.61 Å². The van der Waals surface area contributed by atoms with Crippen LogP contribution >= 0.6 is 0 Å². The summed E-state index contributed by atoms with van der Waals surface area (Å²) in [5.74, 6) is 5.67. The van der Waals surface area contributed by atoms with Crippen molar-refractivity contribution in [1.82, 2.24) is 5.43 Å². The van der Waals surface area contributed by atoms with Crippen molar-refractivity contribution >= 4 is 10.8 Å². The smallest absolute Gasteiger partial charge is 0.0488 e. The quantitative estimate of drug-likeness (QED) is 0.466. The molecule has 3 N–H and O–H groups in total. The molecule has 1 atom stereocenters. The SMILES string of the molecule is CCOCCC(NN)c1cccc2ccccc12. The zero-order chi connectivity index (χ0) is 12.8. The molecule has 0 saturated heterocycles. The second-order valence-corrected chi connectivity index (χ2v) is 4.27. The van der Waals surface area contributed by atoms with E-state index in [-0.39, 0.29) is 6.04 Å². The van der Waals surface area contributed by atoms with Crippen LogP contribution in [-0.4, -0.2) is 13.2 Å². The molecule has 2 rings (SSSR count). The molecule has 3 heteroatoms. The molecule has 0 fully saturated rings.